The highest BCUT2D eigenvalue weighted by Gasteiger charge is 2.25. The van der Waals surface area contributed by atoms with Gasteiger partial charge >= 0.3 is 0 Å². The average Bonchev–Trinajstić information content (AvgIpc) is 3.49. The number of carbonyl (C=O) groups excluding carboxylic acids is 1. The van der Waals surface area contributed by atoms with E-state index in [-0.39, 0.29) is 12.0 Å². The lowest BCUT2D eigenvalue weighted by atomic mass is 9.96. The number of imidazole rings is 1. The summed E-state index contributed by atoms with van der Waals surface area (Å²) >= 11 is 0. The van der Waals surface area contributed by atoms with Gasteiger partial charge in [-0.15, -0.1) is 5.10 Å². The Morgan fingerprint density at radius 1 is 1.09 bits per heavy atom. The van der Waals surface area contributed by atoms with Gasteiger partial charge in [-0.2, -0.15) is 0 Å². The third-order valence-corrected chi connectivity index (χ3v) is 7.50. The lowest BCUT2D eigenvalue weighted by molar-refractivity contribution is -0.127. The molecule has 2 N–H and O–H groups in total. The van der Waals surface area contributed by atoms with Gasteiger partial charge in [0.05, 0.1) is 18.2 Å². The summed E-state index contributed by atoms with van der Waals surface area (Å²) in [4.78, 5) is 26.9. The van der Waals surface area contributed by atoms with Gasteiger partial charge in [-0.25, -0.2) is 19.5 Å². The number of methoxy groups -OCH3 is 1. The molecule has 5 aromatic rings. The Balaban J connectivity index is 1.28. The van der Waals surface area contributed by atoms with E-state index in [0.29, 0.717) is 82.7 Å². The summed E-state index contributed by atoms with van der Waals surface area (Å²) in [6.45, 7) is 8.17. The molecule has 0 aliphatic carbocycles. The molecule has 0 spiro atoms. The summed E-state index contributed by atoms with van der Waals surface area (Å²) in [5, 5.41) is 19.6. The van der Waals surface area contributed by atoms with Crippen LogP contribution in [0.25, 0.3) is 16.6 Å². The molecule has 0 saturated carbocycles. The van der Waals surface area contributed by atoms with Gasteiger partial charge in [-0.1, -0.05) is 6.58 Å². The SMILES string of the molecule is C=CC(=O)N1CCC(Oc2cc3c(Nc4ccc(Oc5ccc6nccn6n5)cc4C(C)(C)O)ncnc3cc2OC)CC1. The van der Waals surface area contributed by atoms with E-state index < -0.39 is 5.60 Å². The van der Waals surface area contributed by atoms with E-state index in [1.165, 1.54) is 12.4 Å². The van der Waals surface area contributed by atoms with Gasteiger partial charge in [-0.05, 0) is 50.3 Å². The number of nitrogens with one attached hydrogen (secondary N) is 1. The van der Waals surface area contributed by atoms with Gasteiger partial charge < -0.3 is 29.5 Å². The zero-order valence-electron chi connectivity index (χ0n) is 24.7. The number of carbonyl (C=O) groups is 1. The highest BCUT2D eigenvalue weighted by atomic mass is 16.5. The largest absolute Gasteiger partial charge is 0.493 e. The van der Waals surface area contributed by atoms with Crippen LogP contribution in [-0.4, -0.2) is 66.8 Å². The van der Waals surface area contributed by atoms with Crippen molar-refractivity contribution in [3.63, 3.8) is 0 Å². The predicted molar refractivity (Wildman–Crippen MR) is 165 cm³/mol. The Kier molecular flexibility index (Phi) is 7.75. The van der Waals surface area contributed by atoms with Crippen LogP contribution in [0.15, 0.2) is 73.8 Å². The van der Waals surface area contributed by atoms with E-state index in [4.69, 9.17) is 14.2 Å². The minimum absolute atomic E-state index is 0.0720. The smallest absolute Gasteiger partial charge is 0.245 e. The minimum Gasteiger partial charge on any atom is -0.493 e. The van der Waals surface area contributed by atoms with Gasteiger partial charge in [0, 0.05) is 67.1 Å². The molecule has 1 aliphatic heterocycles. The van der Waals surface area contributed by atoms with Crippen LogP contribution in [0.5, 0.6) is 23.1 Å². The number of benzene rings is 2. The maximum absolute atomic E-state index is 12.0. The molecule has 12 nitrogen and oxygen atoms in total. The van der Waals surface area contributed by atoms with Gasteiger partial charge in [0.2, 0.25) is 11.8 Å². The first-order chi connectivity index (χ1) is 21.2. The topological polar surface area (TPSA) is 136 Å². The number of likely N-dealkylation sites (tertiary alicyclic amines) is 1. The summed E-state index contributed by atoms with van der Waals surface area (Å²) in [6.07, 6.45) is 7.50. The monoisotopic (exact) mass is 595 g/mol. The van der Waals surface area contributed by atoms with Crippen molar-refractivity contribution in [1.29, 1.82) is 0 Å². The van der Waals surface area contributed by atoms with Crippen molar-refractivity contribution in [1.82, 2.24) is 29.5 Å². The molecule has 1 aliphatic rings. The van der Waals surface area contributed by atoms with Crippen molar-refractivity contribution >= 4 is 34.0 Å². The van der Waals surface area contributed by atoms with Crippen LogP contribution in [-0.2, 0) is 10.4 Å². The second-order valence-electron chi connectivity index (χ2n) is 11.0. The molecule has 1 amide bonds. The molecule has 1 saturated heterocycles. The Morgan fingerprint density at radius 2 is 1.91 bits per heavy atom. The molecule has 2 aromatic carbocycles. The van der Waals surface area contributed by atoms with Gasteiger partial charge in [0.1, 0.15) is 24.0 Å². The number of fused-ring (bicyclic) bond motifs is 2. The van der Waals surface area contributed by atoms with Crippen molar-refractivity contribution in [2.45, 2.75) is 38.4 Å². The van der Waals surface area contributed by atoms with E-state index in [1.807, 2.05) is 24.3 Å². The number of nitrogens with zero attached hydrogens (tertiary/aromatic N) is 6. The van der Waals surface area contributed by atoms with E-state index in [0.717, 1.165) is 0 Å². The fourth-order valence-corrected chi connectivity index (χ4v) is 5.22. The maximum Gasteiger partial charge on any atom is 0.245 e. The molecular weight excluding hydrogens is 562 g/mol. The molecular formula is C32H33N7O5. The summed E-state index contributed by atoms with van der Waals surface area (Å²) in [5.41, 5.74) is 1.38. The van der Waals surface area contributed by atoms with E-state index in [2.05, 4.69) is 31.9 Å². The van der Waals surface area contributed by atoms with E-state index in [9.17, 15) is 9.90 Å². The number of ether oxygens (including phenoxy) is 3. The molecule has 44 heavy (non-hydrogen) atoms. The highest BCUT2D eigenvalue weighted by Crippen LogP contribution is 2.38. The van der Waals surface area contributed by atoms with Gasteiger partial charge in [0.15, 0.2) is 17.1 Å². The Bertz CT molecular complexity index is 1840. The number of aromatic nitrogens is 5. The number of piperidine rings is 1. The third-order valence-electron chi connectivity index (χ3n) is 7.50. The second-order valence-corrected chi connectivity index (χ2v) is 11.0. The molecule has 0 atom stereocenters. The Morgan fingerprint density at radius 3 is 2.66 bits per heavy atom. The Hall–Kier alpha value is -5.23. The number of hydrogen-bond acceptors (Lipinski definition) is 10. The lowest BCUT2D eigenvalue weighted by Gasteiger charge is -2.31. The molecule has 1 fully saturated rings. The van der Waals surface area contributed by atoms with Crippen molar-refractivity contribution in [2.75, 3.05) is 25.5 Å². The molecule has 4 heterocycles. The predicted octanol–water partition coefficient (Wildman–Crippen LogP) is 5.00. The van der Waals surface area contributed by atoms with Crippen LogP contribution in [0.3, 0.4) is 0 Å². The Labute approximate surface area is 253 Å². The number of rotatable bonds is 9. The van der Waals surface area contributed by atoms with E-state index >= 15 is 0 Å². The molecule has 0 radical (unpaired) electrons. The maximum atomic E-state index is 12.0. The summed E-state index contributed by atoms with van der Waals surface area (Å²) in [7, 11) is 1.59. The highest BCUT2D eigenvalue weighted by molar-refractivity contribution is 5.93. The number of amides is 1. The zero-order valence-corrected chi connectivity index (χ0v) is 24.7. The van der Waals surface area contributed by atoms with E-state index in [1.54, 1.807) is 61.0 Å². The summed E-state index contributed by atoms with van der Waals surface area (Å²) in [5.74, 6) is 2.46. The first kappa shape index (κ1) is 28.9. The van der Waals surface area contributed by atoms with Gasteiger partial charge in [-0.3, -0.25) is 4.79 Å². The van der Waals surface area contributed by atoms with Crippen LogP contribution in [0, 0.1) is 0 Å². The summed E-state index contributed by atoms with van der Waals surface area (Å²) in [6, 6.07) is 12.6. The number of anilines is 2. The lowest BCUT2D eigenvalue weighted by Crippen LogP contribution is -2.41. The molecule has 226 valence electrons. The van der Waals surface area contributed by atoms with Crippen LogP contribution in [0.4, 0.5) is 11.5 Å². The number of hydrogen-bond donors (Lipinski definition) is 2. The fourth-order valence-electron chi connectivity index (χ4n) is 5.22. The first-order valence-electron chi connectivity index (χ1n) is 14.2. The third kappa shape index (κ3) is 5.97. The van der Waals surface area contributed by atoms with Crippen LogP contribution in [0.2, 0.25) is 0 Å². The zero-order chi connectivity index (χ0) is 30.8. The average molecular weight is 596 g/mol. The standard InChI is InChI=1S/C32H33N7O5/c1-5-30(40)38-13-10-20(11-14-38)43-27-17-22-25(18-26(27)42-4)34-19-35-31(22)36-24-7-6-21(16-23(24)32(2,3)41)44-29-9-8-28-33-12-15-39(28)37-29/h5-9,12,15-20,41H,1,10-11,13-14H2,2-4H3,(H,34,35,36). The normalized spacial score (nSPS) is 14.0. The minimum atomic E-state index is -1.22. The van der Waals surface area contributed by atoms with Crippen LogP contribution < -0.4 is 19.5 Å². The molecule has 6 rings (SSSR count). The van der Waals surface area contributed by atoms with Crippen LogP contribution >= 0.6 is 0 Å². The second kappa shape index (κ2) is 11.8. The van der Waals surface area contributed by atoms with Gasteiger partial charge in [0.25, 0.3) is 0 Å². The summed E-state index contributed by atoms with van der Waals surface area (Å²) < 4.78 is 19.7. The molecule has 0 unspecified atom stereocenters. The first-order valence-corrected chi connectivity index (χ1v) is 14.2. The van der Waals surface area contributed by atoms with Crippen molar-refractivity contribution in [3.05, 3.63) is 79.4 Å². The van der Waals surface area contributed by atoms with Crippen molar-refractivity contribution in [3.8, 4) is 23.1 Å². The molecule has 3 aromatic heterocycles. The molecule has 0 bridgehead atoms. The quantitative estimate of drug-likeness (QED) is 0.224. The fraction of sp³-hybridized carbons (Fsp3) is 0.281. The van der Waals surface area contributed by atoms with Crippen LogP contribution in [0.1, 0.15) is 32.3 Å². The van der Waals surface area contributed by atoms with Crippen molar-refractivity contribution < 1.29 is 24.1 Å². The van der Waals surface area contributed by atoms with Crippen molar-refractivity contribution in [2.24, 2.45) is 0 Å². The molecule has 12 heteroatoms. The number of aliphatic hydroxyl groups is 1.